The summed E-state index contributed by atoms with van der Waals surface area (Å²) in [5.41, 5.74) is 1.71. The normalized spacial score (nSPS) is 23.0. The monoisotopic (exact) mass is 262 g/mol. The summed E-state index contributed by atoms with van der Waals surface area (Å²) in [6, 6.07) is 8.12. The van der Waals surface area contributed by atoms with E-state index in [9.17, 15) is 4.79 Å². The molecule has 2 rings (SSSR count). The molecular weight excluding hydrogens is 240 g/mol. The van der Waals surface area contributed by atoms with E-state index < -0.39 is 5.60 Å². The molecule has 1 saturated heterocycles. The van der Waals surface area contributed by atoms with Crippen LogP contribution in [0.4, 0.5) is 10.5 Å². The predicted octanol–water partition coefficient (Wildman–Crippen LogP) is 2.74. The lowest BCUT2D eigenvalue weighted by molar-refractivity contribution is 0.0734. The molecule has 0 aromatic heterocycles. The van der Waals surface area contributed by atoms with Crippen molar-refractivity contribution in [2.75, 3.05) is 25.0 Å². The van der Waals surface area contributed by atoms with E-state index in [0.717, 1.165) is 5.69 Å². The van der Waals surface area contributed by atoms with E-state index in [1.165, 1.54) is 5.56 Å². The average molecular weight is 262 g/mol. The lowest BCUT2D eigenvalue weighted by atomic mass is 10.0. The number of nitrogens with one attached hydrogen (secondary N) is 1. The van der Waals surface area contributed by atoms with Crippen LogP contribution in [0.25, 0.3) is 0 Å². The Labute approximate surface area is 114 Å². The van der Waals surface area contributed by atoms with Crippen LogP contribution in [0, 0.1) is 0 Å². The second-order valence-electron chi connectivity index (χ2n) is 5.68. The maximum atomic E-state index is 12.0. The molecule has 1 aliphatic heterocycles. The molecule has 1 aromatic carbocycles. The Hall–Kier alpha value is -1.55. The van der Waals surface area contributed by atoms with Crippen molar-refractivity contribution in [3.05, 3.63) is 29.8 Å². The van der Waals surface area contributed by atoms with Gasteiger partial charge in [-0.15, -0.1) is 0 Å². The van der Waals surface area contributed by atoms with E-state index in [-0.39, 0.29) is 6.09 Å². The minimum Gasteiger partial charge on any atom is -0.440 e. The summed E-state index contributed by atoms with van der Waals surface area (Å²) < 4.78 is 5.46. The predicted molar refractivity (Wildman–Crippen MR) is 76.7 cm³/mol. The molecule has 1 N–H and O–H groups in total. The summed E-state index contributed by atoms with van der Waals surface area (Å²) in [5.74, 6) is 0.495. The van der Waals surface area contributed by atoms with Gasteiger partial charge >= 0.3 is 6.09 Å². The molecule has 4 heteroatoms. The number of carbonyl (C=O) groups is 1. The average Bonchev–Trinajstić information content (AvgIpc) is 2.65. The van der Waals surface area contributed by atoms with Gasteiger partial charge in [-0.25, -0.2) is 4.79 Å². The molecule has 1 heterocycles. The van der Waals surface area contributed by atoms with E-state index in [0.29, 0.717) is 19.0 Å². The Morgan fingerprint density at radius 2 is 2.00 bits per heavy atom. The smallest absolute Gasteiger partial charge is 0.415 e. The van der Waals surface area contributed by atoms with Gasteiger partial charge in [0.05, 0.1) is 6.54 Å². The molecule has 0 aliphatic carbocycles. The Kier molecular flexibility index (Phi) is 3.80. The maximum absolute atomic E-state index is 12.0. The highest BCUT2D eigenvalue weighted by atomic mass is 16.6. The zero-order valence-electron chi connectivity index (χ0n) is 12.1. The summed E-state index contributed by atoms with van der Waals surface area (Å²) in [7, 11) is 1.86. The van der Waals surface area contributed by atoms with Gasteiger partial charge in [0, 0.05) is 12.2 Å². The molecule has 104 valence electrons. The Morgan fingerprint density at radius 3 is 2.53 bits per heavy atom. The van der Waals surface area contributed by atoms with Crippen LogP contribution in [0.5, 0.6) is 0 Å². The number of nitrogens with zero attached hydrogens (tertiary/aromatic N) is 1. The van der Waals surface area contributed by atoms with Gasteiger partial charge in [0.2, 0.25) is 0 Å². The molecule has 0 spiro atoms. The standard InChI is InChI=1S/C15H22N2O2/c1-11(2)12-5-7-13(8-6-12)17-10-15(3,9-16-4)19-14(17)18/h5-8,11,16H,9-10H2,1-4H3. The third-order valence-corrected chi connectivity index (χ3v) is 3.47. The van der Waals surface area contributed by atoms with E-state index in [1.807, 2.05) is 26.1 Å². The van der Waals surface area contributed by atoms with Crippen LogP contribution in [-0.2, 0) is 4.74 Å². The third kappa shape index (κ3) is 2.89. The molecule has 1 aromatic rings. The van der Waals surface area contributed by atoms with Crippen LogP contribution in [-0.4, -0.2) is 31.8 Å². The van der Waals surface area contributed by atoms with Crippen LogP contribution in [0.1, 0.15) is 32.3 Å². The number of likely N-dealkylation sites (N-methyl/N-ethyl adjacent to an activating group) is 1. The Morgan fingerprint density at radius 1 is 1.37 bits per heavy atom. The third-order valence-electron chi connectivity index (χ3n) is 3.47. The first-order chi connectivity index (χ1) is 8.95. The van der Waals surface area contributed by atoms with Crippen LogP contribution < -0.4 is 10.2 Å². The van der Waals surface area contributed by atoms with Crippen molar-refractivity contribution in [3.63, 3.8) is 0 Å². The SMILES string of the molecule is CNCC1(C)CN(c2ccc(C(C)C)cc2)C(=O)O1. The molecule has 19 heavy (non-hydrogen) atoms. The number of rotatable bonds is 4. The molecule has 1 amide bonds. The summed E-state index contributed by atoms with van der Waals surface area (Å²) >= 11 is 0. The molecular formula is C15H22N2O2. The molecule has 4 nitrogen and oxygen atoms in total. The van der Waals surface area contributed by atoms with Crippen molar-refractivity contribution >= 4 is 11.8 Å². The van der Waals surface area contributed by atoms with Crippen LogP contribution in [0.2, 0.25) is 0 Å². The van der Waals surface area contributed by atoms with Crippen molar-refractivity contribution in [1.82, 2.24) is 5.32 Å². The number of cyclic esters (lactones) is 1. The van der Waals surface area contributed by atoms with Gasteiger partial charge < -0.3 is 10.1 Å². The topological polar surface area (TPSA) is 41.6 Å². The lowest BCUT2D eigenvalue weighted by Gasteiger charge is -2.21. The van der Waals surface area contributed by atoms with Crippen LogP contribution in [0.3, 0.4) is 0 Å². The van der Waals surface area contributed by atoms with Gasteiger partial charge in [-0.05, 0) is 37.6 Å². The van der Waals surface area contributed by atoms with Gasteiger partial charge in [0.1, 0.15) is 5.60 Å². The first kappa shape index (κ1) is 13.9. The van der Waals surface area contributed by atoms with Crippen molar-refractivity contribution in [2.24, 2.45) is 0 Å². The summed E-state index contributed by atoms with van der Waals surface area (Å²) in [4.78, 5) is 13.7. The van der Waals surface area contributed by atoms with Crippen LogP contribution in [0.15, 0.2) is 24.3 Å². The number of amides is 1. The van der Waals surface area contributed by atoms with Crippen molar-refractivity contribution in [1.29, 1.82) is 0 Å². The van der Waals surface area contributed by atoms with Gasteiger partial charge in [-0.2, -0.15) is 0 Å². The quantitative estimate of drug-likeness (QED) is 0.907. The number of hydrogen-bond donors (Lipinski definition) is 1. The Balaban J connectivity index is 2.16. The number of benzene rings is 1. The zero-order valence-corrected chi connectivity index (χ0v) is 12.1. The van der Waals surface area contributed by atoms with Crippen molar-refractivity contribution in [2.45, 2.75) is 32.3 Å². The number of ether oxygens (including phenoxy) is 1. The lowest BCUT2D eigenvalue weighted by Crippen LogP contribution is -2.40. The molecule has 0 bridgehead atoms. The summed E-state index contributed by atoms with van der Waals surface area (Å²) in [6.07, 6.45) is -0.268. The minimum absolute atomic E-state index is 0.268. The van der Waals surface area contributed by atoms with Crippen molar-refractivity contribution in [3.8, 4) is 0 Å². The molecule has 1 atom stereocenters. The van der Waals surface area contributed by atoms with Gasteiger partial charge in [-0.1, -0.05) is 26.0 Å². The van der Waals surface area contributed by atoms with Crippen LogP contribution >= 0.6 is 0 Å². The second-order valence-corrected chi connectivity index (χ2v) is 5.68. The summed E-state index contributed by atoms with van der Waals surface area (Å²) in [6.45, 7) is 7.49. The molecule has 1 aliphatic rings. The minimum atomic E-state index is -0.456. The van der Waals surface area contributed by atoms with Gasteiger partial charge in [0.15, 0.2) is 0 Å². The highest BCUT2D eigenvalue weighted by Gasteiger charge is 2.41. The molecule has 1 unspecified atom stereocenters. The van der Waals surface area contributed by atoms with E-state index >= 15 is 0 Å². The molecule has 0 saturated carbocycles. The fraction of sp³-hybridized carbons (Fsp3) is 0.533. The maximum Gasteiger partial charge on any atom is 0.415 e. The first-order valence-corrected chi connectivity index (χ1v) is 6.70. The first-order valence-electron chi connectivity index (χ1n) is 6.70. The van der Waals surface area contributed by atoms with Crippen molar-refractivity contribution < 1.29 is 9.53 Å². The molecule has 1 fully saturated rings. The van der Waals surface area contributed by atoms with E-state index in [2.05, 4.69) is 31.3 Å². The fourth-order valence-electron chi connectivity index (χ4n) is 2.40. The highest BCUT2D eigenvalue weighted by molar-refractivity contribution is 5.90. The van der Waals surface area contributed by atoms with E-state index in [4.69, 9.17) is 4.74 Å². The highest BCUT2D eigenvalue weighted by Crippen LogP contribution is 2.28. The van der Waals surface area contributed by atoms with E-state index in [1.54, 1.807) is 4.90 Å². The second kappa shape index (κ2) is 5.21. The van der Waals surface area contributed by atoms with Gasteiger partial charge in [-0.3, -0.25) is 4.90 Å². The van der Waals surface area contributed by atoms with Gasteiger partial charge in [0.25, 0.3) is 0 Å². The fourth-order valence-corrected chi connectivity index (χ4v) is 2.40. The zero-order chi connectivity index (χ0) is 14.0. The molecule has 0 radical (unpaired) electrons. The number of carbonyl (C=O) groups excluding carboxylic acids is 1. The number of hydrogen-bond acceptors (Lipinski definition) is 3. The Bertz CT molecular complexity index is 456. The number of anilines is 1. The summed E-state index contributed by atoms with van der Waals surface area (Å²) in [5, 5.41) is 3.06. The largest absolute Gasteiger partial charge is 0.440 e.